The molecule has 0 aromatic rings. The van der Waals surface area contributed by atoms with Gasteiger partial charge in [-0.15, -0.1) is 0 Å². The number of aliphatic hydroxyl groups is 8. The molecule has 2 aliphatic rings. The number of hydrogen-bond acceptors (Lipinski definition) is 13. The van der Waals surface area contributed by atoms with E-state index in [0.29, 0.717) is 12.8 Å². The molecule has 0 aromatic heterocycles. The summed E-state index contributed by atoms with van der Waals surface area (Å²) >= 11 is 0. The number of unbranched alkanes of at least 4 members (excludes halogenated alkanes) is 34. The third-order valence-electron chi connectivity index (χ3n) is 18.2. The van der Waals surface area contributed by atoms with Gasteiger partial charge in [-0.25, -0.2) is 0 Å². The summed E-state index contributed by atoms with van der Waals surface area (Å²) in [6, 6.07) is -0.945. The summed E-state index contributed by atoms with van der Waals surface area (Å²) in [5, 5.41) is 87.6. The van der Waals surface area contributed by atoms with Gasteiger partial charge in [0.05, 0.1) is 32.0 Å². The van der Waals surface area contributed by atoms with Crippen LogP contribution >= 0.6 is 0 Å². The van der Waals surface area contributed by atoms with Crippen LogP contribution in [-0.4, -0.2) is 140 Å². The first kappa shape index (κ1) is 87.7. The van der Waals surface area contributed by atoms with Crippen molar-refractivity contribution in [1.29, 1.82) is 0 Å². The van der Waals surface area contributed by atoms with Crippen LogP contribution in [0.25, 0.3) is 0 Å². The smallest absolute Gasteiger partial charge is 0.220 e. The summed E-state index contributed by atoms with van der Waals surface area (Å²) in [4.78, 5) is 13.4. The Morgan fingerprint density at radius 1 is 0.389 bits per heavy atom. The fraction of sp³-hybridized carbons (Fsp3) is 0.765. The van der Waals surface area contributed by atoms with Crippen LogP contribution in [0.4, 0.5) is 0 Å². The second-order valence-corrected chi connectivity index (χ2v) is 26.7. The number of aliphatic hydroxyl groups excluding tert-OH is 8. The molecule has 0 spiro atoms. The molecule has 95 heavy (non-hydrogen) atoms. The minimum absolute atomic E-state index is 0.257. The molecule has 14 nitrogen and oxygen atoms in total. The molecule has 0 saturated carbocycles. The van der Waals surface area contributed by atoms with Crippen LogP contribution in [0, 0.1) is 0 Å². The Bertz CT molecular complexity index is 2010. The summed E-state index contributed by atoms with van der Waals surface area (Å²) < 4.78 is 22.9. The van der Waals surface area contributed by atoms with E-state index in [2.05, 4.69) is 116 Å². The van der Waals surface area contributed by atoms with Gasteiger partial charge in [0, 0.05) is 6.42 Å². The van der Waals surface area contributed by atoms with Gasteiger partial charge in [-0.1, -0.05) is 316 Å². The SMILES string of the molecule is CC/C=C\C/C=C\C/C=C\C/C=C\C/C=C\C/C=C\C/C=C\CCCCCCCCCCCC(=O)NC(COC1OC(CO)C(OC2OC(CO)C(O)C(O)C2O)C(O)C1O)C(O)/C=C/CC/C=C/CCCCCCCCCCCCCCCCCCCCCCCCCC. The molecule has 12 atom stereocenters. The number of rotatable bonds is 63. The van der Waals surface area contributed by atoms with E-state index in [-0.39, 0.29) is 18.9 Å². The summed E-state index contributed by atoms with van der Waals surface area (Å²) in [6.07, 6.45) is 75.8. The third kappa shape index (κ3) is 47.4. The zero-order valence-corrected chi connectivity index (χ0v) is 59.9. The number of amides is 1. The van der Waals surface area contributed by atoms with Crippen LogP contribution in [0.5, 0.6) is 0 Å². The van der Waals surface area contributed by atoms with Crippen LogP contribution in [0.2, 0.25) is 0 Å². The van der Waals surface area contributed by atoms with E-state index in [1.54, 1.807) is 6.08 Å². The second-order valence-electron chi connectivity index (χ2n) is 26.7. The molecule has 2 saturated heterocycles. The highest BCUT2D eigenvalue weighted by Crippen LogP contribution is 2.30. The first-order chi connectivity index (χ1) is 46.6. The number of nitrogens with one attached hydrogen (secondary N) is 1. The predicted octanol–water partition coefficient (Wildman–Crippen LogP) is 17.1. The lowest BCUT2D eigenvalue weighted by molar-refractivity contribution is -0.359. The van der Waals surface area contributed by atoms with Gasteiger partial charge in [0.15, 0.2) is 12.6 Å². The maximum atomic E-state index is 13.4. The average molecular weight is 1340 g/mol. The molecule has 548 valence electrons. The van der Waals surface area contributed by atoms with E-state index in [1.807, 2.05) is 6.08 Å². The molecule has 2 fully saturated rings. The van der Waals surface area contributed by atoms with Crippen molar-refractivity contribution < 1.29 is 64.6 Å². The molecule has 0 bridgehead atoms. The van der Waals surface area contributed by atoms with E-state index in [1.165, 1.54) is 186 Å². The van der Waals surface area contributed by atoms with Gasteiger partial charge in [-0.2, -0.15) is 0 Å². The fourth-order valence-corrected chi connectivity index (χ4v) is 12.1. The lowest BCUT2D eigenvalue weighted by Gasteiger charge is -2.46. The topological polar surface area (TPSA) is 228 Å². The third-order valence-corrected chi connectivity index (χ3v) is 18.2. The summed E-state index contributed by atoms with van der Waals surface area (Å²) in [5.41, 5.74) is 0. The highest BCUT2D eigenvalue weighted by atomic mass is 16.7. The molecule has 0 radical (unpaired) electrons. The molecule has 2 heterocycles. The lowest BCUT2D eigenvalue weighted by atomic mass is 9.97. The average Bonchev–Trinajstić information content (AvgIpc) is 0.801. The minimum Gasteiger partial charge on any atom is -0.394 e. The quantitative estimate of drug-likeness (QED) is 0.0204. The van der Waals surface area contributed by atoms with E-state index in [9.17, 15) is 45.6 Å². The monoisotopic (exact) mass is 1340 g/mol. The van der Waals surface area contributed by atoms with Gasteiger partial charge in [0.2, 0.25) is 5.91 Å². The van der Waals surface area contributed by atoms with Gasteiger partial charge >= 0.3 is 0 Å². The predicted molar refractivity (Wildman–Crippen MR) is 392 cm³/mol. The van der Waals surface area contributed by atoms with Crippen molar-refractivity contribution in [3.8, 4) is 0 Å². The van der Waals surface area contributed by atoms with Crippen LogP contribution in [0.3, 0.4) is 0 Å². The number of hydrogen-bond donors (Lipinski definition) is 9. The molecule has 14 heteroatoms. The Morgan fingerprint density at radius 3 is 1.16 bits per heavy atom. The van der Waals surface area contributed by atoms with Crippen LogP contribution in [0.1, 0.15) is 303 Å². The fourth-order valence-electron chi connectivity index (χ4n) is 12.1. The zero-order valence-electron chi connectivity index (χ0n) is 59.9. The van der Waals surface area contributed by atoms with Gasteiger partial charge in [-0.05, 0) is 89.9 Å². The van der Waals surface area contributed by atoms with Crippen molar-refractivity contribution in [2.24, 2.45) is 0 Å². The maximum absolute atomic E-state index is 13.4. The van der Waals surface area contributed by atoms with Gasteiger partial charge < -0.3 is 65.1 Å². The first-order valence-corrected chi connectivity index (χ1v) is 38.6. The second kappa shape index (κ2) is 64.1. The number of carbonyl (C=O) groups is 1. The van der Waals surface area contributed by atoms with Crippen molar-refractivity contribution >= 4 is 5.91 Å². The Kier molecular flexibility index (Phi) is 59.2. The largest absolute Gasteiger partial charge is 0.394 e. The standard InChI is InChI=1S/C81H141NO13/c1-3-5-7-9-11-13-15-17-19-21-23-25-27-29-31-33-35-37-39-41-43-45-47-49-51-53-55-57-59-61-63-65-73(86)82-69(68-92-80-78(91)76(89)79(72(67-84)94-80)95-81-77(90)75(88)74(87)71(66-83)93-81)70(85)64-62-60-58-56-54-52-50-48-46-44-42-40-38-36-34-32-30-28-26-24-22-20-18-16-14-12-10-8-6-4-2/h5,7,11,13,17,19,23,25,29,31,35,37,41,43,54,56,62,64,69-72,74-81,83-85,87-91H,3-4,6,8-10,12,14-16,18,20-22,24,26-28,30,32-34,36,38-40,42,44-53,55,57-61,63,65-68H2,1-2H3,(H,82,86)/b7-5-,13-11-,19-17-,25-23-,31-29-,37-35-,43-41-,56-54+,64-62+. The van der Waals surface area contributed by atoms with Crippen molar-refractivity contribution in [3.05, 3.63) is 109 Å². The molecule has 0 aliphatic carbocycles. The molecule has 2 rings (SSSR count). The van der Waals surface area contributed by atoms with Gasteiger partial charge in [0.25, 0.3) is 0 Å². The van der Waals surface area contributed by atoms with Gasteiger partial charge in [-0.3, -0.25) is 4.79 Å². The molecular weight excluding hydrogens is 1190 g/mol. The van der Waals surface area contributed by atoms with Crippen molar-refractivity contribution in [3.63, 3.8) is 0 Å². The van der Waals surface area contributed by atoms with Crippen LogP contribution < -0.4 is 5.32 Å². The Morgan fingerprint density at radius 2 is 0.737 bits per heavy atom. The number of carbonyl (C=O) groups excluding carboxylic acids is 1. The van der Waals surface area contributed by atoms with Crippen LogP contribution in [-0.2, 0) is 23.7 Å². The number of allylic oxidation sites excluding steroid dienone is 17. The van der Waals surface area contributed by atoms with E-state index in [0.717, 1.165) is 83.5 Å². The van der Waals surface area contributed by atoms with Crippen molar-refractivity contribution in [2.75, 3.05) is 19.8 Å². The molecule has 9 N–H and O–H groups in total. The highest BCUT2D eigenvalue weighted by molar-refractivity contribution is 5.76. The first-order valence-electron chi connectivity index (χ1n) is 38.6. The molecule has 12 unspecified atom stereocenters. The van der Waals surface area contributed by atoms with E-state index < -0.39 is 86.8 Å². The molecule has 1 amide bonds. The van der Waals surface area contributed by atoms with Gasteiger partial charge in [0.1, 0.15) is 48.8 Å². The lowest BCUT2D eigenvalue weighted by Crippen LogP contribution is -2.65. The van der Waals surface area contributed by atoms with E-state index in [4.69, 9.17) is 18.9 Å². The molecule has 2 aliphatic heterocycles. The minimum atomic E-state index is -1.80. The summed E-state index contributed by atoms with van der Waals surface area (Å²) in [7, 11) is 0. The normalized spacial score (nSPS) is 23.0. The van der Waals surface area contributed by atoms with Crippen molar-refractivity contribution in [1.82, 2.24) is 5.32 Å². The van der Waals surface area contributed by atoms with E-state index >= 15 is 0 Å². The molecule has 0 aromatic carbocycles. The Labute approximate surface area is 578 Å². The zero-order chi connectivity index (χ0) is 68.7. The Balaban J connectivity index is 1.67. The van der Waals surface area contributed by atoms with Crippen LogP contribution in [0.15, 0.2) is 109 Å². The number of ether oxygens (including phenoxy) is 4. The molecular formula is C81H141NO13. The highest BCUT2D eigenvalue weighted by Gasteiger charge is 2.51. The Hall–Kier alpha value is -3.35. The summed E-state index contributed by atoms with van der Waals surface area (Å²) in [5.74, 6) is -0.257. The summed E-state index contributed by atoms with van der Waals surface area (Å²) in [6.45, 7) is 2.69. The van der Waals surface area contributed by atoms with Crippen molar-refractivity contribution in [2.45, 2.75) is 376 Å². The maximum Gasteiger partial charge on any atom is 0.220 e.